The van der Waals surface area contributed by atoms with Crippen molar-refractivity contribution >= 4 is 23.1 Å². The Labute approximate surface area is 257 Å². The standard InChI is InChI=1S/C29H25ClF5N7O3/c1-28(2,44)13-45-27-24(31)16(7-8-36-27)18-11-37-26(38-18)20-5-3-15-9-14(10-22(43)42(15)20)23-19(6-4-17(30)25(23)32)41-12-21(39-40-41)29(33,34)35/h4,6-8,10-12,15,20,44H,3,5,9,13H2,1-2H3,(H,37,38)/t15-,20+/m1/s1. The van der Waals surface area contributed by atoms with E-state index in [4.69, 9.17) is 16.3 Å². The minimum atomic E-state index is -4.76. The van der Waals surface area contributed by atoms with Crippen molar-refractivity contribution in [2.75, 3.05) is 6.61 Å². The quantitative estimate of drug-likeness (QED) is 0.247. The Morgan fingerprint density at radius 2 is 1.91 bits per heavy atom. The fraction of sp³-hybridized carbons (Fsp3) is 0.345. The molecule has 0 aliphatic carbocycles. The Balaban J connectivity index is 1.28. The van der Waals surface area contributed by atoms with Crippen LogP contribution in [-0.2, 0) is 11.0 Å². The van der Waals surface area contributed by atoms with E-state index in [0.29, 0.717) is 30.6 Å². The van der Waals surface area contributed by atoms with E-state index in [1.54, 1.807) is 4.90 Å². The van der Waals surface area contributed by atoms with Crippen molar-refractivity contribution in [2.45, 2.75) is 57.0 Å². The van der Waals surface area contributed by atoms with Crippen LogP contribution >= 0.6 is 11.6 Å². The topological polar surface area (TPSA) is 122 Å². The van der Waals surface area contributed by atoms with Crippen LogP contribution in [0, 0.1) is 11.6 Å². The number of benzene rings is 1. The molecular weight excluding hydrogens is 625 g/mol. The molecular formula is C29H25ClF5N7O3. The summed E-state index contributed by atoms with van der Waals surface area (Å²) in [6.45, 7) is 2.84. The summed E-state index contributed by atoms with van der Waals surface area (Å²) in [6, 6.07) is 3.05. The molecule has 1 saturated heterocycles. The van der Waals surface area contributed by atoms with Gasteiger partial charge in [-0.2, -0.15) is 13.2 Å². The van der Waals surface area contributed by atoms with Crippen molar-refractivity contribution in [3.8, 4) is 22.8 Å². The predicted octanol–water partition coefficient (Wildman–Crippen LogP) is 5.67. The van der Waals surface area contributed by atoms with E-state index in [0.717, 1.165) is 4.68 Å². The summed E-state index contributed by atoms with van der Waals surface area (Å²) in [5.41, 5.74) is -1.97. The number of aromatic amines is 1. The smallest absolute Gasteiger partial charge is 0.436 e. The van der Waals surface area contributed by atoms with Crippen molar-refractivity contribution in [2.24, 2.45) is 0 Å². The number of hydrogen-bond donors (Lipinski definition) is 2. The van der Waals surface area contributed by atoms with Crippen molar-refractivity contribution in [1.29, 1.82) is 0 Å². The van der Waals surface area contributed by atoms with Crippen LogP contribution in [0.25, 0.3) is 22.5 Å². The number of ether oxygens (including phenoxy) is 1. The number of imidazole rings is 1. The summed E-state index contributed by atoms with van der Waals surface area (Å²) in [6.07, 6.45) is 1.08. The highest BCUT2D eigenvalue weighted by Crippen LogP contribution is 2.44. The lowest BCUT2D eigenvalue weighted by molar-refractivity contribution is -0.141. The molecule has 6 rings (SSSR count). The average molecular weight is 650 g/mol. The molecule has 0 radical (unpaired) electrons. The molecule has 2 N–H and O–H groups in total. The third-order valence-corrected chi connectivity index (χ3v) is 7.85. The molecule has 0 bridgehead atoms. The Morgan fingerprint density at radius 1 is 1.13 bits per heavy atom. The van der Waals surface area contributed by atoms with Gasteiger partial charge in [0.05, 0.1) is 40.4 Å². The second-order valence-electron chi connectivity index (χ2n) is 11.4. The maximum absolute atomic E-state index is 15.5. The van der Waals surface area contributed by atoms with Gasteiger partial charge in [-0.05, 0) is 56.9 Å². The first-order valence-corrected chi connectivity index (χ1v) is 14.1. The number of carbonyl (C=O) groups is 1. The van der Waals surface area contributed by atoms with Gasteiger partial charge < -0.3 is 19.7 Å². The number of halogens is 6. The Kier molecular flexibility index (Phi) is 7.64. The summed E-state index contributed by atoms with van der Waals surface area (Å²) in [4.78, 5) is 26.5. The largest absolute Gasteiger partial charge is 0.473 e. The second kappa shape index (κ2) is 11.2. The molecule has 2 atom stereocenters. The maximum Gasteiger partial charge on any atom is 0.436 e. The first-order chi connectivity index (χ1) is 21.2. The third-order valence-electron chi connectivity index (χ3n) is 7.56. The van der Waals surface area contributed by atoms with Gasteiger partial charge in [0.2, 0.25) is 5.91 Å². The summed E-state index contributed by atoms with van der Waals surface area (Å²) >= 11 is 6.05. The number of nitrogens with zero attached hydrogens (tertiary/aromatic N) is 6. The van der Waals surface area contributed by atoms with Gasteiger partial charge in [-0.1, -0.05) is 16.8 Å². The summed E-state index contributed by atoms with van der Waals surface area (Å²) in [5, 5.41) is 16.3. The van der Waals surface area contributed by atoms with Crippen LogP contribution in [0.1, 0.15) is 56.2 Å². The number of pyridine rings is 1. The van der Waals surface area contributed by atoms with Crippen LogP contribution in [0.2, 0.25) is 5.02 Å². The van der Waals surface area contributed by atoms with Gasteiger partial charge in [0.25, 0.3) is 5.88 Å². The monoisotopic (exact) mass is 649 g/mol. The number of hydrogen-bond acceptors (Lipinski definition) is 7. The number of rotatable bonds is 7. The first-order valence-electron chi connectivity index (χ1n) is 13.8. The van der Waals surface area contributed by atoms with E-state index in [1.165, 1.54) is 50.5 Å². The number of nitrogens with one attached hydrogen (secondary N) is 1. The van der Waals surface area contributed by atoms with E-state index in [-0.39, 0.29) is 52.4 Å². The van der Waals surface area contributed by atoms with Gasteiger partial charge in [0.1, 0.15) is 12.4 Å². The van der Waals surface area contributed by atoms with Crippen LogP contribution in [-0.4, -0.2) is 64.1 Å². The van der Waals surface area contributed by atoms with Crippen molar-refractivity contribution in [1.82, 2.24) is 34.8 Å². The van der Waals surface area contributed by atoms with Crippen LogP contribution in [0.5, 0.6) is 5.88 Å². The SMILES string of the molecule is CC(C)(O)COc1nccc(-c2cnc([C@@H]3CC[C@@H]4CC(c5c(-n6cc(C(F)(F)F)nn6)ccc(Cl)c5F)=CC(=O)N43)[nH]2)c1F. The van der Waals surface area contributed by atoms with Gasteiger partial charge >= 0.3 is 6.18 Å². The zero-order valence-electron chi connectivity index (χ0n) is 23.7. The van der Waals surface area contributed by atoms with E-state index in [2.05, 4.69) is 25.3 Å². The van der Waals surface area contributed by atoms with Gasteiger partial charge in [-0.3, -0.25) is 4.79 Å². The third kappa shape index (κ3) is 5.89. The zero-order chi connectivity index (χ0) is 32.3. The number of amides is 1. The lowest BCUT2D eigenvalue weighted by atomic mass is 9.92. The number of aromatic nitrogens is 6. The van der Waals surface area contributed by atoms with Gasteiger partial charge in [-0.25, -0.2) is 23.4 Å². The minimum absolute atomic E-state index is 0.0529. The predicted molar refractivity (Wildman–Crippen MR) is 150 cm³/mol. The summed E-state index contributed by atoms with van der Waals surface area (Å²) < 4.78 is 76.4. The van der Waals surface area contributed by atoms with Crippen LogP contribution < -0.4 is 4.74 Å². The van der Waals surface area contributed by atoms with Crippen LogP contribution in [0.4, 0.5) is 22.0 Å². The van der Waals surface area contributed by atoms with Gasteiger partial charge in [0, 0.05) is 29.4 Å². The summed E-state index contributed by atoms with van der Waals surface area (Å²) in [5.74, 6) is -1.99. The lowest BCUT2D eigenvalue weighted by Gasteiger charge is -2.33. The van der Waals surface area contributed by atoms with Crippen molar-refractivity contribution in [3.63, 3.8) is 0 Å². The van der Waals surface area contributed by atoms with Crippen molar-refractivity contribution in [3.05, 3.63) is 76.6 Å². The number of carbonyl (C=O) groups excluding carboxylic acids is 1. The highest BCUT2D eigenvalue weighted by molar-refractivity contribution is 6.31. The Morgan fingerprint density at radius 3 is 2.62 bits per heavy atom. The molecule has 3 aromatic heterocycles. The minimum Gasteiger partial charge on any atom is -0.473 e. The maximum atomic E-state index is 15.5. The number of fused-ring (bicyclic) bond motifs is 1. The van der Waals surface area contributed by atoms with E-state index in [9.17, 15) is 23.1 Å². The fourth-order valence-electron chi connectivity index (χ4n) is 5.57. The first kappa shape index (κ1) is 30.6. The molecule has 45 heavy (non-hydrogen) atoms. The lowest BCUT2D eigenvalue weighted by Crippen LogP contribution is -2.39. The van der Waals surface area contributed by atoms with Crippen molar-refractivity contribution < 1.29 is 36.6 Å². The average Bonchev–Trinajstić information content (AvgIpc) is 3.73. The van der Waals surface area contributed by atoms with E-state index in [1.807, 2.05) is 0 Å². The van der Waals surface area contributed by atoms with Gasteiger partial charge in [0.15, 0.2) is 17.3 Å². The second-order valence-corrected chi connectivity index (χ2v) is 11.8. The Bertz CT molecular complexity index is 1810. The molecule has 4 aromatic rings. The molecule has 10 nitrogen and oxygen atoms in total. The molecule has 2 aliphatic heterocycles. The van der Waals surface area contributed by atoms with Gasteiger partial charge in [-0.15, -0.1) is 5.10 Å². The highest BCUT2D eigenvalue weighted by Gasteiger charge is 2.42. The fourth-order valence-corrected chi connectivity index (χ4v) is 5.72. The molecule has 16 heteroatoms. The molecule has 0 saturated carbocycles. The zero-order valence-corrected chi connectivity index (χ0v) is 24.5. The molecule has 236 valence electrons. The molecule has 1 fully saturated rings. The molecule has 2 aliphatic rings. The number of H-pyrrole nitrogens is 1. The van der Waals surface area contributed by atoms with Crippen LogP contribution in [0.3, 0.4) is 0 Å². The number of aliphatic hydroxyl groups is 1. The molecule has 1 amide bonds. The normalized spacial score (nSPS) is 18.7. The molecule has 5 heterocycles. The highest BCUT2D eigenvalue weighted by atomic mass is 35.5. The van der Waals surface area contributed by atoms with Crippen LogP contribution in [0.15, 0.2) is 42.9 Å². The van der Waals surface area contributed by atoms with E-state index >= 15 is 8.78 Å². The number of alkyl halides is 3. The summed E-state index contributed by atoms with van der Waals surface area (Å²) in [7, 11) is 0. The van der Waals surface area contributed by atoms with E-state index < -0.39 is 41.1 Å². The Hall–Kier alpha value is -4.37. The molecule has 0 spiro atoms. The molecule has 0 unspecified atom stereocenters. The molecule has 1 aromatic carbocycles.